The van der Waals surface area contributed by atoms with E-state index < -0.39 is 20.0 Å². The average molecular weight is 932 g/mol. The lowest BCUT2D eigenvalue weighted by molar-refractivity contribution is -0.870. The van der Waals surface area contributed by atoms with Gasteiger partial charge in [-0.3, -0.25) is 13.8 Å². The molecule has 9 heteroatoms. The summed E-state index contributed by atoms with van der Waals surface area (Å²) in [5.74, 6) is -0.203. The molecule has 3 N–H and O–H groups in total. The highest BCUT2D eigenvalue weighted by Crippen LogP contribution is 2.43. The van der Waals surface area contributed by atoms with Gasteiger partial charge in [-0.2, -0.15) is 0 Å². The Bertz CT molecular complexity index is 1290. The van der Waals surface area contributed by atoms with E-state index in [4.69, 9.17) is 9.05 Å². The molecule has 3 atom stereocenters. The number of carbonyl (C=O) groups is 1. The van der Waals surface area contributed by atoms with E-state index in [1.54, 1.807) is 6.08 Å². The molecule has 0 aromatic heterocycles. The fourth-order valence-electron chi connectivity index (χ4n) is 7.44. The first-order valence-electron chi connectivity index (χ1n) is 26.8. The van der Waals surface area contributed by atoms with Crippen LogP contribution in [0.3, 0.4) is 0 Å². The van der Waals surface area contributed by atoms with Gasteiger partial charge >= 0.3 is 7.82 Å². The number of quaternary nitrogens is 1. The van der Waals surface area contributed by atoms with Crippen LogP contribution in [0, 0.1) is 0 Å². The molecular formula is C56H104N2O6P+. The lowest BCUT2D eigenvalue weighted by Gasteiger charge is -2.25. The molecule has 0 aliphatic heterocycles. The Kier molecular flexibility index (Phi) is 45.5. The molecule has 0 rings (SSSR count). The van der Waals surface area contributed by atoms with Gasteiger partial charge in [-0.25, -0.2) is 4.57 Å². The maximum atomic E-state index is 12.9. The summed E-state index contributed by atoms with van der Waals surface area (Å²) < 4.78 is 23.6. The molecule has 0 bridgehead atoms. The van der Waals surface area contributed by atoms with E-state index in [2.05, 4.69) is 79.9 Å². The van der Waals surface area contributed by atoms with Gasteiger partial charge in [-0.15, -0.1) is 0 Å². The lowest BCUT2D eigenvalue weighted by atomic mass is 10.0. The maximum absolute atomic E-state index is 12.9. The number of hydrogen-bond acceptors (Lipinski definition) is 5. The van der Waals surface area contributed by atoms with Crippen molar-refractivity contribution < 1.29 is 32.9 Å². The highest BCUT2D eigenvalue weighted by Gasteiger charge is 2.27. The predicted octanol–water partition coefficient (Wildman–Crippen LogP) is 15.9. The molecule has 0 saturated heterocycles. The lowest BCUT2D eigenvalue weighted by Crippen LogP contribution is -2.45. The molecule has 0 spiro atoms. The molecule has 0 radical (unpaired) electrons. The van der Waals surface area contributed by atoms with E-state index in [1.165, 1.54) is 128 Å². The molecule has 378 valence electrons. The standard InChI is InChI=1S/C56H103N2O6P/c1-6-8-10-12-14-16-18-20-22-24-25-26-27-28-29-30-31-32-34-35-37-39-41-43-45-47-49-55(59)54(53-64-65(61,62)63-52-51-58(3,4)5)57-56(60)50-48-46-44-42-40-38-36-33-23-21-19-17-15-13-11-9-7-2/h9,11,15,17,21,23,32,34,39,41,47,49,54-55,59H,6-8,10,12-14,16,18-20,22,24-31,33,35-38,40,42-46,48,50-53H2,1-5H3,(H-,57,60,61,62)/p+1/b11-9-,17-15-,23-21-,34-32+,41-39+,49-47+. The number of nitrogens with one attached hydrogen (secondary N) is 1. The fourth-order valence-corrected chi connectivity index (χ4v) is 8.18. The predicted molar refractivity (Wildman–Crippen MR) is 281 cm³/mol. The largest absolute Gasteiger partial charge is 0.472 e. The fraction of sp³-hybridized carbons (Fsp3) is 0.768. The summed E-state index contributed by atoms with van der Waals surface area (Å²) in [4.78, 5) is 23.2. The SMILES string of the molecule is CC/C=C\C/C=C\C/C=C\CCCCCCCCCC(=O)NC(COP(=O)(O)OCC[N+](C)(C)C)C(O)/C=C/CC/C=C/CC/C=C/CCCCCCCCCCCCCCCCCC. The number of carbonyl (C=O) groups excluding carboxylic acids is 1. The van der Waals surface area contributed by atoms with Crippen LogP contribution in [0.15, 0.2) is 72.9 Å². The second-order valence-corrected chi connectivity index (χ2v) is 20.7. The van der Waals surface area contributed by atoms with Gasteiger partial charge in [-0.05, 0) is 77.0 Å². The number of likely N-dealkylation sites (N-methyl/N-ethyl adjacent to an activating group) is 1. The van der Waals surface area contributed by atoms with Crippen molar-refractivity contribution in [3.8, 4) is 0 Å². The Balaban J connectivity index is 4.34. The minimum Gasteiger partial charge on any atom is -0.387 e. The van der Waals surface area contributed by atoms with Crippen LogP contribution in [0.5, 0.6) is 0 Å². The summed E-state index contributed by atoms with van der Waals surface area (Å²) in [7, 11) is 1.53. The summed E-state index contributed by atoms with van der Waals surface area (Å²) in [5.41, 5.74) is 0. The van der Waals surface area contributed by atoms with Gasteiger partial charge in [0.1, 0.15) is 13.2 Å². The van der Waals surface area contributed by atoms with Gasteiger partial charge in [-0.1, -0.05) is 215 Å². The van der Waals surface area contributed by atoms with Crippen LogP contribution in [0.25, 0.3) is 0 Å². The summed E-state index contributed by atoms with van der Waals surface area (Å²) in [6.07, 6.45) is 64.3. The zero-order chi connectivity index (χ0) is 47.8. The molecular weight excluding hydrogens is 828 g/mol. The molecule has 1 amide bonds. The van der Waals surface area contributed by atoms with Gasteiger partial charge in [0, 0.05) is 6.42 Å². The van der Waals surface area contributed by atoms with Crippen LogP contribution in [-0.4, -0.2) is 73.4 Å². The van der Waals surface area contributed by atoms with Crippen LogP contribution in [-0.2, 0) is 18.4 Å². The quantitative estimate of drug-likeness (QED) is 0.0243. The maximum Gasteiger partial charge on any atom is 0.472 e. The first-order valence-corrected chi connectivity index (χ1v) is 28.3. The van der Waals surface area contributed by atoms with Crippen LogP contribution >= 0.6 is 7.82 Å². The second-order valence-electron chi connectivity index (χ2n) is 19.2. The van der Waals surface area contributed by atoms with Gasteiger partial charge in [0.2, 0.25) is 5.91 Å². The van der Waals surface area contributed by atoms with E-state index in [0.717, 1.165) is 77.0 Å². The molecule has 65 heavy (non-hydrogen) atoms. The van der Waals surface area contributed by atoms with Crippen LogP contribution in [0.4, 0.5) is 0 Å². The van der Waals surface area contributed by atoms with Gasteiger partial charge < -0.3 is 19.8 Å². The number of aliphatic hydroxyl groups is 1. The van der Waals surface area contributed by atoms with Gasteiger partial charge in [0.25, 0.3) is 0 Å². The summed E-state index contributed by atoms with van der Waals surface area (Å²) in [5, 5.41) is 13.9. The molecule has 0 heterocycles. The number of nitrogens with zero attached hydrogens (tertiary/aromatic N) is 1. The molecule has 0 saturated carbocycles. The Morgan fingerprint density at radius 2 is 0.938 bits per heavy atom. The number of rotatable bonds is 48. The van der Waals surface area contributed by atoms with E-state index in [-0.39, 0.29) is 19.1 Å². The zero-order valence-corrected chi connectivity index (χ0v) is 43.9. The van der Waals surface area contributed by atoms with Crippen molar-refractivity contribution >= 4 is 13.7 Å². The molecule has 3 unspecified atom stereocenters. The number of amides is 1. The normalized spacial score (nSPS) is 14.6. The number of phosphoric acid groups is 1. The Morgan fingerprint density at radius 3 is 1.42 bits per heavy atom. The topological polar surface area (TPSA) is 105 Å². The molecule has 8 nitrogen and oxygen atoms in total. The number of hydrogen-bond donors (Lipinski definition) is 3. The smallest absolute Gasteiger partial charge is 0.387 e. The Labute approximate surface area is 402 Å². The van der Waals surface area contributed by atoms with Crippen molar-refractivity contribution in [3.05, 3.63) is 72.9 Å². The molecule has 0 aromatic rings. The van der Waals surface area contributed by atoms with Crippen LogP contribution < -0.4 is 5.32 Å². The zero-order valence-electron chi connectivity index (χ0n) is 43.0. The van der Waals surface area contributed by atoms with E-state index in [1.807, 2.05) is 27.2 Å². The molecule has 0 fully saturated rings. The monoisotopic (exact) mass is 932 g/mol. The van der Waals surface area contributed by atoms with Crippen LogP contribution in [0.1, 0.15) is 226 Å². The van der Waals surface area contributed by atoms with Gasteiger partial charge in [0.15, 0.2) is 0 Å². The first kappa shape index (κ1) is 62.9. The number of allylic oxidation sites excluding steroid dienone is 11. The van der Waals surface area contributed by atoms with Crippen molar-refractivity contribution in [3.63, 3.8) is 0 Å². The van der Waals surface area contributed by atoms with Crippen molar-refractivity contribution in [2.75, 3.05) is 40.9 Å². The molecule has 0 aliphatic carbocycles. The highest BCUT2D eigenvalue weighted by atomic mass is 31.2. The summed E-state index contributed by atoms with van der Waals surface area (Å²) in [6, 6.07) is -0.879. The minimum absolute atomic E-state index is 0.0483. The van der Waals surface area contributed by atoms with E-state index in [9.17, 15) is 19.4 Å². The summed E-state index contributed by atoms with van der Waals surface area (Å²) in [6.45, 7) is 4.67. The minimum atomic E-state index is -4.36. The number of phosphoric ester groups is 1. The van der Waals surface area contributed by atoms with Crippen molar-refractivity contribution in [2.45, 2.75) is 238 Å². The molecule has 0 aliphatic rings. The van der Waals surface area contributed by atoms with Gasteiger partial charge in [0.05, 0.1) is 39.9 Å². The highest BCUT2D eigenvalue weighted by molar-refractivity contribution is 7.47. The number of aliphatic hydroxyl groups excluding tert-OH is 1. The third-order valence-corrected chi connectivity index (χ3v) is 12.6. The Hall–Kier alpha value is -2.06. The third kappa shape index (κ3) is 49.7. The van der Waals surface area contributed by atoms with E-state index >= 15 is 0 Å². The second kappa shape index (κ2) is 47.0. The number of unbranched alkanes of at least 4 members (excludes halogenated alkanes) is 25. The van der Waals surface area contributed by atoms with E-state index in [0.29, 0.717) is 17.4 Å². The van der Waals surface area contributed by atoms with Crippen molar-refractivity contribution in [1.82, 2.24) is 5.32 Å². The van der Waals surface area contributed by atoms with Crippen molar-refractivity contribution in [2.24, 2.45) is 0 Å². The first-order chi connectivity index (χ1) is 31.5. The van der Waals surface area contributed by atoms with Crippen LogP contribution in [0.2, 0.25) is 0 Å². The third-order valence-electron chi connectivity index (χ3n) is 11.6. The molecule has 0 aromatic carbocycles. The summed E-state index contributed by atoms with van der Waals surface area (Å²) >= 11 is 0. The Morgan fingerprint density at radius 1 is 0.538 bits per heavy atom. The van der Waals surface area contributed by atoms with Crippen molar-refractivity contribution in [1.29, 1.82) is 0 Å². The average Bonchev–Trinajstić information content (AvgIpc) is 3.26.